The standard InChI is InChI=1S/C10H23NO2S/c1-9(2,12)5-6-11-7-10(3,13)8-14-4/h11-13H,5-8H2,1-4H3. The normalized spacial score (nSPS) is 16.7. The van der Waals surface area contributed by atoms with Crippen molar-refractivity contribution in [1.82, 2.24) is 5.32 Å². The Morgan fingerprint density at radius 1 is 1.21 bits per heavy atom. The van der Waals surface area contributed by atoms with E-state index >= 15 is 0 Å². The Hall–Kier alpha value is 0.230. The van der Waals surface area contributed by atoms with Gasteiger partial charge in [0.25, 0.3) is 0 Å². The first-order chi connectivity index (χ1) is 6.27. The van der Waals surface area contributed by atoms with Crippen LogP contribution in [0.15, 0.2) is 0 Å². The zero-order valence-corrected chi connectivity index (χ0v) is 10.4. The molecule has 0 aromatic rings. The molecule has 0 aromatic heterocycles. The zero-order chi connectivity index (χ0) is 11.2. The van der Waals surface area contributed by atoms with Gasteiger partial charge >= 0.3 is 0 Å². The highest BCUT2D eigenvalue weighted by Gasteiger charge is 2.19. The third-order valence-corrected chi connectivity index (χ3v) is 2.79. The number of nitrogens with one attached hydrogen (secondary N) is 1. The zero-order valence-electron chi connectivity index (χ0n) is 9.63. The van der Waals surface area contributed by atoms with E-state index in [1.54, 1.807) is 25.6 Å². The SMILES string of the molecule is CSCC(C)(O)CNCCC(C)(C)O. The Labute approximate surface area is 91.3 Å². The molecule has 1 atom stereocenters. The molecule has 0 heterocycles. The van der Waals surface area contributed by atoms with Crippen LogP contribution in [0.2, 0.25) is 0 Å². The van der Waals surface area contributed by atoms with Crippen molar-refractivity contribution in [3.63, 3.8) is 0 Å². The molecule has 0 saturated carbocycles. The molecular weight excluding hydrogens is 198 g/mol. The van der Waals surface area contributed by atoms with Gasteiger partial charge in [-0.2, -0.15) is 11.8 Å². The van der Waals surface area contributed by atoms with Gasteiger partial charge in [0.05, 0.1) is 11.2 Å². The maximum absolute atomic E-state index is 9.80. The average molecular weight is 221 g/mol. The van der Waals surface area contributed by atoms with Crippen molar-refractivity contribution >= 4 is 11.8 Å². The number of rotatable bonds is 7. The summed E-state index contributed by atoms with van der Waals surface area (Å²) in [5, 5.41) is 22.4. The van der Waals surface area contributed by atoms with Crippen LogP contribution in [-0.2, 0) is 0 Å². The Morgan fingerprint density at radius 3 is 2.21 bits per heavy atom. The Bertz CT molecular complexity index is 155. The van der Waals surface area contributed by atoms with E-state index in [0.717, 1.165) is 12.3 Å². The summed E-state index contributed by atoms with van der Waals surface area (Å²) in [6.45, 7) is 6.70. The van der Waals surface area contributed by atoms with E-state index in [1.165, 1.54) is 0 Å². The third-order valence-electron chi connectivity index (χ3n) is 1.87. The molecule has 0 aliphatic carbocycles. The molecule has 0 spiro atoms. The molecule has 3 nitrogen and oxygen atoms in total. The second-order valence-electron chi connectivity index (χ2n) is 4.67. The van der Waals surface area contributed by atoms with Gasteiger partial charge < -0.3 is 15.5 Å². The highest BCUT2D eigenvalue weighted by atomic mass is 32.2. The Kier molecular flexibility index (Phi) is 6.05. The molecule has 14 heavy (non-hydrogen) atoms. The van der Waals surface area contributed by atoms with Crippen molar-refractivity contribution in [1.29, 1.82) is 0 Å². The van der Waals surface area contributed by atoms with Crippen LogP contribution in [0.25, 0.3) is 0 Å². The fourth-order valence-corrected chi connectivity index (χ4v) is 1.84. The van der Waals surface area contributed by atoms with Gasteiger partial charge in [0, 0.05) is 12.3 Å². The molecule has 0 amide bonds. The van der Waals surface area contributed by atoms with Gasteiger partial charge in [-0.1, -0.05) is 0 Å². The summed E-state index contributed by atoms with van der Waals surface area (Å²) in [5.74, 6) is 0.725. The number of thioether (sulfide) groups is 1. The summed E-state index contributed by atoms with van der Waals surface area (Å²) < 4.78 is 0. The first-order valence-corrected chi connectivity index (χ1v) is 6.31. The van der Waals surface area contributed by atoms with Gasteiger partial charge in [-0.05, 0) is 40.0 Å². The van der Waals surface area contributed by atoms with E-state index in [1.807, 2.05) is 13.2 Å². The summed E-state index contributed by atoms with van der Waals surface area (Å²) in [4.78, 5) is 0. The van der Waals surface area contributed by atoms with Crippen LogP contribution >= 0.6 is 11.8 Å². The summed E-state index contributed by atoms with van der Waals surface area (Å²) in [7, 11) is 0. The van der Waals surface area contributed by atoms with Gasteiger partial charge in [-0.3, -0.25) is 0 Å². The smallest absolute Gasteiger partial charge is 0.0833 e. The van der Waals surface area contributed by atoms with Gasteiger partial charge in [-0.15, -0.1) is 0 Å². The molecule has 0 radical (unpaired) electrons. The van der Waals surface area contributed by atoms with Crippen LogP contribution in [0.4, 0.5) is 0 Å². The molecule has 0 aliphatic rings. The number of hydrogen-bond donors (Lipinski definition) is 3. The van der Waals surface area contributed by atoms with Crippen LogP contribution < -0.4 is 5.32 Å². The predicted octanol–water partition coefficient (Wildman–Crippen LogP) is 0.851. The van der Waals surface area contributed by atoms with Crippen molar-refractivity contribution in [3.05, 3.63) is 0 Å². The second kappa shape index (κ2) is 5.95. The van der Waals surface area contributed by atoms with E-state index in [-0.39, 0.29) is 0 Å². The highest BCUT2D eigenvalue weighted by Crippen LogP contribution is 2.10. The summed E-state index contributed by atoms with van der Waals surface area (Å²) in [6, 6.07) is 0. The molecule has 0 bridgehead atoms. The largest absolute Gasteiger partial charge is 0.390 e. The Balaban J connectivity index is 3.54. The molecule has 86 valence electrons. The number of aliphatic hydroxyl groups is 2. The van der Waals surface area contributed by atoms with Crippen LogP contribution in [0.5, 0.6) is 0 Å². The van der Waals surface area contributed by atoms with Crippen molar-refractivity contribution in [3.8, 4) is 0 Å². The van der Waals surface area contributed by atoms with Crippen molar-refractivity contribution in [2.45, 2.75) is 38.4 Å². The topological polar surface area (TPSA) is 52.5 Å². The highest BCUT2D eigenvalue weighted by molar-refractivity contribution is 7.98. The summed E-state index contributed by atoms with van der Waals surface area (Å²) in [6.07, 6.45) is 2.67. The van der Waals surface area contributed by atoms with Crippen LogP contribution in [0.1, 0.15) is 27.2 Å². The predicted molar refractivity (Wildman–Crippen MR) is 62.8 cm³/mol. The molecule has 3 N–H and O–H groups in total. The van der Waals surface area contributed by atoms with Crippen LogP contribution in [-0.4, -0.2) is 46.5 Å². The third kappa shape index (κ3) is 8.81. The fourth-order valence-electron chi connectivity index (χ4n) is 1.11. The van der Waals surface area contributed by atoms with Crippen molar-refractivity contribution in [2.75, 3.05) is 25.1 Å². The number of hydrogen-bond acceptors (Lipinski definition) is 4. The minimum Gasteiger partial charge on any atom is -0.390 e. The molecule has 0 fully saturated rings. The maximum atomic E-state index is 9.80. The first-order valence-electron chi connectivity index (χ1n) is 4.91. The van der Waals surface area contributed by atoms with Gasteiger partial charge in [0.1, 0.15) is 0 Å². The second-order valence-corrected chi connectivity index (χ2v) is 5.54. The Morgan fingerprint density at radius 2 is 1.79 bits per heavy atom. The molecule has 4 heteroatoms. The van der Waals surface area contributed by atoms with Crippen LogP contribution in [0, 0.1) is 0 Å². The lowest BCUT2D eigenvalue weighted by Gasteiger charge is -2.24. The lowest BCUT2D eigenvalue weighted by atomic mass is 10.1. The van der Waals surface area contributed by atoms with E-state index in [0.29, 0.717) is 13.0 Å². The lowest BCUT2D eigenvalue weighted by Crippen LogP contribution is -2.41. The molecule has 0 rings (SSSR count). The van der Waals surface area contributed by atoms with E-state index in [4.69, 9.17) is 0 Å². The molecular formula is C10H23NO2S. The average Bonchev–Trinajstić information content (AvgIpc) is 1.96. The van der Waals surface area contributed by atoms with E-state index in [9.17, 15) is 10.2 Å². The summed E-state index contributed by atoms with van der Waals surface area (Å²) >= 11 is 1.63. The maximum Gasteiger partial charge on any atom is 0.0833 e. The van der Waals surface area contributed by atoms with Gasteiger partial charge in [-0.25, -0.2) is 0 Å². The van der Waals surface area contributed by atoms with E-state index < -0.39 is 11.2 Å². The molecule has 0 saturated heterocycles. The monoisotopic (exact) mass is 221 g/mol. The first kappa shape index (κ1) is 14.2. The van der Waals surface area contributed by atoms with Crippen molar-refractivity contribution in [2.24, 2.45) is 0 Å². The fraction of sp³-hybridized carbons (Fsp3) is 1.00. The van der Waals surface area contributed by atoms with Gasteiger partial charge in [0.15, 0.2) is 0 Å². The minimum atomic E-state index is -0.654. The van der Waals surface area contributed by atoms with Crippen LogP contribution in [0.3, 0.4) is 0 Å². The van der Waals surface area contributed by atoms with Gasteiger partial charge in [0.2, 0.25) is 0 Å². The molecule has 0 aromatic carbocycles. The molecule has 0 aliphatic heterocycles. The quantitative estimate of drug-likeness (QED) is 0.558. The van der Waals surface area contributed by atoms with E-state index in [2.05, 4.69) is 5.32 Å². The lowest BCUT2D eigenvalue weighted by molar-refractivity contribution is 0.0617. The molecule has 1 unspecified atom stereocenters. The summed E-state index contributed by atoms with van der Waals surface area (Å²) in [5.41, 5.74) is -1.28. The minimum absolute atomic E-state index is 0.573. The van der Waals surface area contributed by atoms with Crippen molar-refractivity contribution < 1.29 is 10.2 Å².